The molecule has 1 amide bonds. The zero-order valence-corrected chi connectivity index (χ0v) is 18.5. The van der Waals surface area contributed by atoms with Crippen molar-refractivity contribution in [2.45, 2.75) is 20.8 Å². The third-order valence-corrected chi connectivity index (χ3v) is 5.69. The summed E-state index contributed by atoms with van der Waals surface area (Å²) in [7, 11) is 1.58. The Labute approximate surface area is 186 Å². The molecular formula is C27H24FNO3. The number of ether oxygens (including phenoxy) is 1. The minimum absolute atomic E-state index is 0.218. The van der Waals surface area contributed by atoms with Crippen molar-refractivity contribution in [2.75, 3.05) is 12.4 Å². The average molecular weight is 429 g/mol. The summed E-state index contributed by atoms with van der Waals surface area (Å²) in [5, 5.41) is 3.81. The largest absolute Gasteiger partial charge is 0.496 e. The molecule has 1 aromatic heterocycles. The predicted molar refractivity (Wildman–Crippen MR) is 126 cm³/mol. The standard InChI is InChI=1S/C27H24FNO3/c1-16-6-5-7-24(18(16)3)29-27(30)12-17(2)21-13-22-23(19-8-10-20(28)11-9-19)15-32-26(22)14-25(21)31-4/h5-15H,1-4H3,(H,29,30)/b17-12+. The molecule has 0 spiro atoms. The number of nitrogens with one attached hydrogen (secondary N) is 1. The third-order valence-electron chi connectivity index (χ3n) is 5.69. The minimum atomic E-state index is -0.294. The van der Waals surface area contributed by atoms with Crippen molar-refractivity contribution < 1.29 is 18.3 Å². The van der Waals surface area contributed by atoms with Crippen LogP contribution < -0.4 is 10.1 Å². The summed E-state index contributed by atoms with van der Waals surface area (Å²) in [4.78, 5) is 12.7. The molecule has 4 nitrogen and oxygen atoms in total. The summed E-state index contributed by atoms with van der Waals surface area (Å²) in [5.74, 6) is 0.0904. The lowest BCUT2D eigenvalue weighted by Crippen LogP contribution is -2.10. The quantitative estimate of drug-likeness (QED) is 0.351. The van der Waals surface area contributed by atoms with Crippen LogP contribution in [-0.2, 0) is 4.79 Å². The van der Waals surface area contributed by atoms with Gasteiger partial charge >= 0.3 is 0 Å². The first-order valence-corrected chi connectivity index (χ1v) is 10.3. The molecule has 5 heteroatoms. The van der Waals surface area contributed by atoms with E-state index < -0.39 is 0 Å². The van der Waals surface area contributed by atoms with E-state index in [1.807, 2.05) is 45.0 Å². The Balaban J connectivity index is 1.71. The molecule has 4 rings (SSSR count). The predicted octanol–water partition coefficient (Wildman–Crippen LogP) is 6.91. The molecule has 1 N–H and O–H groups in total. The number of halogens is 1. The number of hydrogen-bond donors (Lipinski definition) is 1. The summed E-state index contributed by atoms with van der Waals surface area (Å²) in [6.07, 6.45) is 3.20. The van der Waals surface area contributed by atoms with E-state index in [2.05, 4.69) is 5.32 Å². The number of amides is 1. The number of carbonyl (C=O) groups excluding carboxylic acids is 1. The highest BCUT2D eigenvalue weighted by atomic mass is 19.1. The first-order valence-electron chi connectivity index (χ1n) is 10.3. The Morgan fingerprint density at radius 2 is 1.84 bits per heavy atom. The van der Waals surface area contributed by atoms with Gasteiger partial charge in [0.05, 0.1) is 13.4 Å². The minimum Gasteiger partial charge on any atom is -0.496 e. The summed E-state index contributed by atoms with van der Waals surface area (Å²) < 4.78 is 24.6. The van der Waals surface area contributed by atoms with Gasteiger partial charge in [-0.1, -0.05) is 24.3 Å². The maximum atomic E-state index is 13.4. The maximum Gasteiger partial charge on any atom is 0.248 e. The second-order valence-corrected chi connectivity index (χ2v) is 7.77. The molecule has 162 valence electrons. The van der Waals surface area contributed by atoms with Gasteiger partial charge in [-0.25, -0.2) is 4.39 Å². The zero-order valence-electron chi connectivity index (χ0n) is 18.5. The monoisotopic (exact) mass is 429 g/mol. The van der Waals surface area contributed by atoms with Crippen molar-refractivity contribution in [3.8, 4) is 16.9 Å². The molecular weight excluding hydrogens is 405 g/mol. The van der Waals surface area contributed by atoms with Gasteiger partial charge in [-0.3, -0.25) is 4.79 Å². The summed E-state index contributed by atoms with van der Waals surface area (Å²) in [6, 6.07) is 15.8. The van der Waals surface area contributed by atoms with Crippen molar-refractivity contribution in [3.05, 3.63) is 89.4 Å². The van der Waals surface area contributed by atoms with Crippen molar-refractivity contribution >= 4 is 28.1 Å². The van der Waals surface area contributed by atoms with Crippen LogP contribution in [0, 0.1) is 19.7 Å². The van der Waals surface area contributed by atoms with Crippen molar-refractivity contribution in [2.24, 2.45) is 0 Å². The van der Waals surface area contributed by atoms with Gasteiger partial charge in [-0.15, -0.1) is 0 Å². The van der Waals surface area contributed by atoms with E-state index in [0.29, 0.717) is 11.3 Å². The number of allylic oxidation sites excluding steroid dienone is 1. The van der Waals surface area contributed by atoms with Gasteiger partial charge < -0.3 is 14.5 Å². The molecule has 0 saturated heterocycles. The molecule has 0 radical (unpaired) electrons. The van der Waals surface area contributed by atoms with Crippen molar-refractivity contribution in [3.63, 3.8) is 0 Å². The number of carbonyl (C=O) groups is 1. The van der Waals surface area contributed by atoms with Gasteiger partial charge in [0.2, 0.25) is 5.91 Å². The normalized spacial score (nSPS) is 11.6. The van der Waals surface area contributed by atoms with E-state index in [0.717, 1.165) is 44.5 Å². The number of anilines is 1. The molecule has 1 heterocycles. The van der Waals surface area contributed by atoms with Gasteiger partial charge in [-0.2, -0.15) is 0 Å². The van der Waals surface area contributed by atoms with Crippen molar-refractivity contribution in [1.82, 2.24) is 0 Å². The van der Waals surface area contributed by atoms with Crippen LogP contribution in [0.15, 0.2) is 71.4 Å². The lowest BCUT2D eigenvalue weighted by atomic mass is 9.99. The molecule has 4 aromatic rings. The van der Waals surface area contributed by atoms with Crippen molar-refractivity contribution in [1.29, 1.82) is 0 Å². The highest BCUT2D eigenvalue weighted by Gasteiger charge is 2.15. The number of hydrogen-bond acceptors (Lipinski definition) is 3. The fourth-order valence-electron chi connectivity index (χ4n) is 3.71. The van der Waals surface area contributed by atoms with Crippen LogP contribution in [0.5, 0.6) is 5.75 Å². The fraction of sp³-hybridized carbons (Fsp3) is 0.148. The SMILES string of the molecule is COc1cc2occ(-c3ccc(F)cc3)c2cc1/C(C)=C/C(=O)Nc1cccc(C)c1C. The Hall–Kier alpha value is -3.86. The van der Waals surface area contributed by atoms with Crippen LogP contribution in [-0.4, -0.2) is 13.0 Å². The molecule has 3 aromatic carbocycles. The second kappa shape index (κ2) is 8.71. The number of rotatable bonds is 5. The third kappa shape index (κ3) is 4.14. The van der Waals surface area contributed by atoms with Gasteiger partial charge in [0, 0.05) is 34.3 Å². The molecule has 0 unspecified atom stereocenters. The molecule has 0 fully saturated rings. The van der Waals surface area contributed by atoms with E-state index >= 15 is 0 Å². The average Bonchev–Trinajstić information content (AvgIpc) is 3.19. The second-order valence-electron chi connectivity index (χ2n) is 7.77. The Morgan fingerprint density at radius 1 is 1.09 bits per heavy atom. The molecule has 0 aliphatic rings. The molecule has 32 heavy (non-hydrogen) atoms. The van der Waals surface area contributed by atoms with Gasteiger partial charge in [-0.05, 0) is 67.3 Å². The maximum absolute atomic E-state index is 13.4. The van der Waals surface area contributed by atoms with Crippen LogP contribution in [0.3, 0.4) is 0 Å². The van der Waals surface area contributed by atoms with Crippen LogP contribution in [0.2, 0.25) is 0 Å². The van der Waals surface area contributed by atoms with Crippen LogP contribution in [0.1, 0.15) is 23.6 Å². The number of methoxy groups -OCH3 is 1. The summed E-state index contributed by atoms with van der Waals surface area (Å²) >= 11 is 0. The molecule has 0 aliphatic heterocycles. The number of aryl methyl sites for hydroxylation is 1. The molecule has 0 saturated carbocycles. The van der Waals surface area contributed by atoms with E-state index in [9.17, 15) is 9.18 Å². The van der Waals surface area contributed by atoms with Crippen LogP contribution in [0.4, 0.5) is 10.1 Å². The highest BCUT2D eigenvalue weighted by molar-refractivity contribution is 6.05. The fourth-order valence-corrected chi connectivity index (χ4v) is 3.71. The van der Waals surface area contributed by atoms with Gasteiger partial charge in [0.15, 0.2) is 0 Å². The highest BCUT2D eigenvalue weighted by Crippen LogP contribution is 2.37. The number of furan rings is 1. The smallest absolute Gasteiger partial charge is 0.248 e. The topological polar surface area (TPSA) is 51.5 Å². The van der Waals surface area contributed by atoms with E-state index in [-0.39, 0.29) is 11.7 Å². The van der Waals surface area contributed by atoms with E-state index in [1.165, 1.54) is 12.1 Å². The zero-order chi connectivity index (χ0) is 22.8. The Bertz CT molecular complexity index is 1330. The van der Waals surface area contributed by atoms with E-state index in [1.54, 1.807) is 37.6 Å². The van der Waals surface area contributed by atoms with Gasteiger partial charge in [0.1, 0.15) is 17.1 Å². The lowest BCUT2D eigenvalue weighted by molar-refractivity contribution is -0.111. The molecule has 0 bridgehead atoms. The van der Waals surface area contributed by atoms with Gasteiger partial charge in [0.25, 0.3) is 0 Å². The summed E-state index contributed by atoms with van der Waals surface area (Å²) in [6.45, 7) is 5.86. The first-order chi connectivity index (χ1) is 15.4. The number of benzene rings is 3. The first kappa shape index (κ1) is 21.4. The Morgan fingerprint density at radius 3 is 2.56 bits per heavy atom. The Kier molecular flexibility index (Phi) is 5.82. The molecule has 0 atom stereocenters. The number of fused-ring (bicyclic) bond motifs is 1. The molecule has 0 aliphatic carbocycles. The summed E-state index contributed by atoms with van der Waals surface area (Å²) in [5.41, 5.74) is 6.80. The van der Waals surface area contributed by atoms with Crippen LogP contribution in [0.25, 0.3) is 27.7 Å². The lowest BCUT2D eigenvalue weighted by Gasteiger charge is -2.11. The van der Waals surface area contributed by atoms with Crippen LogP contribution >= 0.6 is 0 Å². The van der Waals surface area contributed by atoms with E-state index in [4.69, 9.17) is 9.15 Å².